The maximum absolute atomic E-state index is 6.46. The van der Waals surface area contributed by atoms with Gasteiger partial charge in [0.15, 0.2) is 0 Å². The Morgan fingerprint density at radius 3 is 1.35 bits per heavy atom. The van der Waals surface area contributed by atoms with E-state index in [9.17, 15) is 0 Å². The van der Waals surface area contributed by atoms with Crippen LogP contribution in [-0.4, -0.2) is 0 Å². The Kier molecular flexibility index (Phi) is 8.56. The van der Waals surface area contributed by atoms with Crippen LogP contribution in [0.4, 0.5) is 17.1 Å². The molecule has 0 saturated carbocycles. The molecule has 10 aromatic carbocycles. The monoisotopic (exact) mass is 845 g/mol. The first-order valence-electron chi connectivity index (χ1n) is 22.7. The standard InChI is InChI=1S/C63H43NO2/c1-63(2)57-24-6-3-17-51(57)56-39-45(31-36-58(56)63)43-14-9-13-42(37-43)44-15-10-16-48(38-44)64(46-32-27-40(28-33-46)49-20-11-22-54-52-18-4-7-25-59(52)65-61(49)54)47-34-29-41(30-35-47)50-21-12-23-55-53-19-5-8-26-60(53)66-62(50)55/h3-39H,1-2H3. The minimum Gasteiger partial charge on any atom is -0.455 e. The molecule has 3 nitrogen and oxygen atoms in total. The van der Waals surface area contributed by atoms with E-state index in [-0.39, 0.29) is 5.41 Å². The van der Waals surface area contributed by atoms with Gasteiger partial charge in [0.2, 0.25) is 0 Å². The van der Waals surface area contributed by atoms with Crippen LogP contribution in [0.15, 0.2) is 233 Å². The van der Waals surface area contributed by atoms with E-state index in [1.807, 2.05) is 24.3 Å². The predicted octanol–water partition coefficient (Wildman–Crippen LogP) is 17.9. The van der Waals surface area contributed by atoms with Crippen LogP contribution in [0.1, 0.15) is 25.0 Å². The van der Waals surface area contributed by atoms with Gasteiger partial charge in [0.1, 0.15) is 22.3 Å². The maximum atomic E-state index is 6.46. The summed E-state index contributed by atoms with van der Waals surface area (Å²) in [7, 11) is 0. The van der Waals surface area contributed by atoms with E-state index in [1.54, 1.807) is 0 Å². The van der Waals surface area contributed by atoms with Gasteiger partial charge in [-0.15, -0.1) is 0 Å². The Bertz CT molecular complexity index is 3690. The second-order valence-electron chi connectivity index (χ2n) is 18.1. The summed E-state index contributed by atoms with van der Waals surface area (Å²) in [4.78, 5) is 2.35. The van der Waals surface area contributed by atoms with Crippen molar-refractivity contribution >= 4 is 60.9 Å². The van der Waals surface area contributed by atoms with E-state index in [0.29, 0.717) is 0 Å². The fraction of sp³-hybridized carbons (Fsp3) is 0.0476. The first-order valence-corrected chi connectivity index (χ1v) is 22.7. The van der Waals surface area contributed by atoms with Crippen molar-refractivity contribution in [2.75, 3.05) is 4.90 Å². The molecule has 0 aliphatic heterocycles. The number of furan rings is 2. The van der Waals surface area contributed by atoms with Gasteiger partial charge in [-0.3, -0.25) is 0 Å². The van der Waals surface area contributed by atoms with Crippen molar-refractivity contribution in [2.45, 2.75) is 19.3 Å². The summed E-state index contributed by atoms with van der Waals surface area (Å²) in [6.07, 6.45) is 0. The fourth-order valence-electron chi connectivity index (χ4n) is 10.6. The lowest BCUT2D eigenvalue weighted by molar-refractivity contribution is 0.660. The molecule has 0 N–H and O–H groups in total. The Labute approximate surface area is 383 Å². The highest BCUT2D eigenvalue weighted by Gasteiger charge is 2.35. The topological polar surface area (TPSA) is 29.5 Å². The van der Waals surface area contributed by atoms with Crippen molar-refractivity contribution in [3.8, 4) is 55.6 Å². The van der Waals surface area contributed by atoms with E-state index in [1.165, 1.54) is 38.9 Å². The number of rotatable bonds is 7. The van der Waals surface area contributed by atoms with Crippen LogP contribution < -0.4 is 4.90 Å². The van der Waals surface area contributed by atoms with Gasteiger partial charge >= 0.3 is 0 Å². The first-order chi connectivity index (χ1) is 32.5. The summed E-state index contributed by atoms with van der Waals surface area (Å²) >= 11 is 0. The number of para-hydroxylation sites is 4. The predicted molar refractivity (Wildman–Crippen MR) is 275 cm³/mol. The van der Waals surface area contributed by atoms with Crippen molar-refractivity contribution in [1.29, 1.82) is 0 Å². The Morgan fingerprint density at radius 2 is 0.742 bits per heavy atom. The third kappa shape index (κ3) is 6.04. The molecule has 66 heavy (non-hydrogen) atoms. The molecule has 0 atom stereocenters. The van der Waals surface area contributed by atoms with Gasteiger partial charge in [-0.05, 0) is 116 Å². The van der Waals surface area contributed by atoms with Crippen LogP contribution in [-0.2, 0) is 5.41 Å². The molecule has 0 unspecified atom stereocenters. The number of benzene rings is 10. The fourth-order valence-corrected chi connectivity index (χ4v) is 10.6. The zero-order valence-electron chi connectivity index (χ0n) is 36.6. The molecule has 2 aromatic heterocycles. The number of hydrogen-bond acceptors (Lipinski definition) is 3. The third-order valence-electron chi connectivity index (χ3n) is 13.9. The number of nitrogens with zero attached hydrogens (tertiary/aromatic N) is 1. The molecule has 0 spiro atoms. The quantitative estimate of drug-likeness (QED) is 0.160. The normalized spacial score (nSPS) is 12.8. The first kappa shape index (κ1) is 38.1. The molecular formula is C63H43NO2. The SMILES string of the molecule is CC1(C)c2ccccc2-c2cc(-c3cccc(-c4cccc(N(c5ccc(-c6cccc7c6oc6ccccc67)cc5)c5ccc(-c6cccc7c6oc6ccccc67)cc5)c4)c3)ccc21. The second kappa shape index (κ2) is 14.8. The second-order valence-corrected chi connectivity index (χ2v) is 18.1. The van der Waals surface area contributed by atoms with Crippen molar-refractivity contribution in [3.05, 3.63) is 236 Å². The molecule has 1 aliphatic carbocycles. The minimum absolute atomic E-state index is 0.0234. The molecule has 0 radical (unpaired) electrons. The number of fused-ring (bicyclic) bond motifs is 9. The van der Waals surface area contributed by atoms with Crippen LogP contribution in [0.2, 0.25) is 0 Å². The average molecular weight is 846 g/mol. The van der Waals surface area contributed by atoms with Crippen LogP contribution in [0.3, 0.4) is 0 Å². The molecule has 0 saturated heterocycles. The summed E-state index contributed by atoms with van der Waals surface area (Å²) in [5.74, 6) is 0. The number of hydrogen-bond donors (Lipinski definition) is 0. The van der Waals surface area contributed by atoms with E-state index < -0.39 is 0 Å². The van der Waals surface area contributed by atoms with Crippen LogP contribution >= 0.6 is 0 Å². The zero-order chi connectivity index (χ0) is 43.9. The minimum atomic E-state index is -0.0234. The van der Waals surface area contributed by atoms with E-state index in [2.05, 4.69) is 219 Å². The van der Waals surface area contributed by atoms with Gasteiger partial charge in [-0.1, -0.05) is 178 Å². The third-order valence-corrected chi connectivity index (χ3v) is 13.9. The van der Waals surface area contributed by atoms with Crippen LogP contribution in [0, 0.1) is 0 Å². The van der Waals surface area contributed by atoms with Crippen molar-refractivity contribution < 1.29 is 8.83 Å². The Hall–Kier alpha value is -8.40. The smallest absolute Gasteiger partial charge is 0.143 e. The van der Waals surface area contributed by atoms with E-state index >= 15 is 0 Å². The lowest BCUT2D eigenvalue weighted by atomic mass is 9.82. The summed E-state index contributed by atoms with van der Waals surface area (Å²) in [6, 6.07) is 80.9. The van der Waals surface area contributed by atoms with Gasteiger partial charge in [-0.2, -0.15) is 0 Å². The average Bonchev–Trinajstić information content (AvgIpc) is 4.02. The molecule has 0 bridgehead atoms. The van der Waals surface area contributed by atoms with Gasteiger partial charge in [-0.25, -0.2) is 0 Å². The lowest BCUT2D eigenvalue weighted by Crippen LogP contribution is -2.14. The highest BCUT2D eigenvalue weighted by molar-refractivity contribution is 6.10. The van der Waals surface area contributed by atoms with Crippen LogP contribution in [0.25, 0.3) is 99.5 Å². The molecule has 12 aromatic rings. The molecule has 2 heterocycles. The van der Waals surface area contributed by atoms with Gasteiger partial charge in [0.05, 0.1) is 0 Å². The van der Waals surface area contributed by atoms with Gasteiger partial charge < -0.3 is 13.7 Å². The molecule has 0 amide bonds. The highest BCUT2D eigenvalue weighted by atomic mass is 16.3. The Morgan fingerprint density at radius 1 is 0.303 bits per heavy atom. The highest BCUT2D eigenvalue weighted by Crippen LogP contribution is 2.50. The molecular weight excluding hydrogens is 803 g/mol. The summed E-state index contributed by atoms with van der Waals surface area (Å²) in [5.41, 5.74) is 21.3. The summed E-state index contributed by atoms with van der Waals surface area (Å²) < 4.78 is 12.9. The van der Waals surface area contributed by atoms with E-state index in [4.69, 9.17) is 8.83 Å². The van der Waals surface area contributed by atoms with E-state index in [0.717, 1.165) is 88.8 Å². The molecule has 1 aliphatic rings. The van der Waals surface area contributed by atoms with Crippen LogP contribution in [0.5, 0.6) is 0 Å². The molecule has 0 fully saturated rings. The number of anilines is 3. The summed E-state index contributed by atoms with van der Waals surface area (Å²) in [6.45, 7) is 4.67. The van der Waals surface area contributed by atoms with Gasteiger partial charge in [0, 0.05) is 55.1 Å². The maximum Gasteiger partial charge on any atom is 0.143 e. The Balaban J connectivity index is 0.898. The van der Waals surface area contributed by atoms with Crippen molar-refractivity contribution in [3.63, 3.8) is 0 Å². The molecule has 3 heteroatoms. The van der Waals surface area contributed by atoms with Crippen molar-refractivity contribution in [1.82, 2.24) is 0 Å². The largest absolute Gasteiger partial charge is 0.455 e. The molecule has 312 valence electrons. The zero-order valence-corrected chi connectivity index (χ0v) is 36.6. The van der Waals surface area contributed by atoms with Crippen molar-refractivity contribution in [2.24, 2.45) is 0 Å². The lowest BCUT2D eigenvalue weighted by Gasteiger charge is -2.26. The molecule has 13 rings (SSSR count). The van der Waals surface area contributed by atoms with Gasteiger partial charge in [0.25, 0.3) is 0 Å². The summed E-state index contributed by atoms with van der Waals surface area (Å²) in [5, 5.41) is 4.51.